The van der Waals surface area contributed by atoms with Crippen LogP contribution in [0.4, 0.5) is 10.5 Å². The lowest BCUT2D eigenvalue weighted by Crippen LogP contribution is -2.44. The van der Waals surface area contributed by atoms with Crippen molar-refractivity contribution < 1.29 is 9.53 Å². The number of likely N-dealkylation sites (tertiary alicyclic amines) is 1. The molecule has 124 valence electrons. The number of nitrogens with zero attached hydrogens (tertiary/aromatic N) is 2. The average molecular weight is 315 g/mol. The topological polar surface area (TPSA) is 46.5 Å². The molecule has 2 amide bonds. The van der Waals surface area contributed by atoms with E-state index in [0.29, 0.717) is 12.6 Å². The van der Waals surface area contributed by atoms with Crippen molar-refractivity contribution in [2.75, 3.05) is 25.6 Å². The van der Waals surface area contributed by atoms with E-state index in [0.717, 1.165) is 42.5 Å². The van der Waals surface area contributed by atoms with Crippen molar-refractivity contribution in [1.29, 1.82) is 0 Å². The van der Waals surface area contributed by atoms with Gasteiger partial charge in [-0.3, -0.25) is 0 Å². The Hall–Kier alpha value is -2.01. The Balaban J connectivity index is 1.83. The van der Waals surface area contributed by atoms with Gasteiger partial charge in [0.05, 0.1) is 17.8 Å². The monoisotopic (exact) mass is 315 g/mol. The third-order valence-electron chi connectivity index (χ3n) is 4.63. The largest absolute Gasteiger partial charge is 0.383 e. The first-order valence-corrected chi connectivity index (χ1v) is 8.35. The SMILES string of the molecule is COCCn1cc(NC(=O)N2CCCCC2C)c2ccccc21. The number of carbonyl (C=O) groups is 1. The molecule has 0 aliphatic carbocycles. The molecule has 1 saturated heterocycles. The number of hydrogen-bond acceptors (Lipinski definition) is 2. The number of rotatable bonds is 4. The molecule has 0 radical (unpaired) electrons. The minimum atomic E-state index is 0.00634. The van der Waals surface area contributed by atoms with E-state index in [4.69, 9.17) is 4.74 Å². The highest BCUT2D eigenvalue weighted by molar-refractivity contribution is 6.01. The molecule has 0 saturated carbocycles. The van der Waals surface area contributed by atoms with Crippen molar-refractivity contribution in [3.05, 3.63) is 30.5 Å². The van der Waals surface area contributed by atoms with Gasteiger partial charge in [0, 0.05) is 37.8 Å². The zero-order chi connectivity index (χ0) is 16.2. The van der Waals surface area contributed by atoms with E-state index in [9.17, 15) is 4.79 Å². The number of methoxy groups -OCH3 is 1. The minimum Gasteiger partial charge on any atom is -0.383 e. The molecule has 23 heavy (non-hydrogen) atoms. The predicted molar refractivity (Wildman–Crippen MR) is 92.9 cm³/mol. The summed E-state index contributed by atoms with van der Waals surface area (Å²) in [6.45, 7) is 4.39. The van der Waals surface area contributed by atoms with E-state index in [1.54, 1.807) is 7.11 Å². The third-order valence-corrected chi connectivity index (χ3v) is 4.63. The molecule has 1 fully saturated rings. The van der Waals surface area contributed by atoms with Crippen LogP contribution in [-0.2, 0) is 11.3 Å². The van der Waals surface area contributed by atoms with E-state index in [1.807, 2.05) is 29.3 Å². The van der Waals surface area contributed by atoms with Crippen LogP contribution in [0.3, 0.4) is 0 Å². The van der Waals surface area contributed by atoms with Crippen molar-refractivity contribution >= 4 is 22.6 Å². The normalized spacial score (nSPS) is 18.3. The highest BCUT2D eigenvalue weighted by Gasteiger charge is 2.24. The quantitative estimate of drug-likeness (QED) is 0.935. The first kappa shape index (κ1) is 15.9. The summed E-state index contributed by atoms with van der Waals surface area (Å²) in [6.07, 6.45) is 5.40. The number of fused-ring (bicyclic) bond motifs is 1. The van der Waals surface area contributed by atoms with Crippen LogP contribution in [0.5, 0.6) is 0 Å². The number of piperidine rings is 1. The molecule has 1 aromatic heterocycles. The minimum absolute atomic E-state index is 0.00634. The van der Waals surface area contributed by atoms with Gasteiger partial charge in [0.1, 0.15) is 0 Å². The molecule has 2 aromatic rings. The van der Waals surface area contributed by atoms with Crippen LogP contribution < -0.4 is 5.32 Å². The number of amides is 2. The number of benzene rings is 1. The Labute approximate surface area is 137 Å². The van der Waals surface area contributed by atoms with E-state index in [2.05, 4.69) is 22.9 Å². The molecule has 1 aromatic carbocycles. The van der Waals surface area contributed by atoms with Crippen molar-refractivity contribution in [1.82, 2.24) is 9.47 Å². The van der Waals surface area contributed by atoms with Crippen molar-refractivity contribution in [3.63, 3.8) is 0 Å². The van der Waals surface area contributed by atoms with E-state index in [-0.39, 0.29) is 6.03 Å². The zero-order valence-electron chi connectivity index (χ0n) is 13.9. The fourth-order valence-electron chi connectivity index (χ4n) is 3.31. The van der Waals surface area contributed by atoms with Crippen LogP contribution in [-0.4, -0.2) is 41.8 Å². The van der Waals surface area contributed by atoms with Gasteiger partial charge in [0.15, 0.2) is 0 Å². The molecule has 1 N–H and O–H groups in total. The second kappa shape index (κ2) is 7.04. The molecule has 2 heterocycles. The van der Waals surface area contributed by atoms with Gasteiger partial charge in [-0.25, -0.2) is 4.79 Å². The molecular formula is C18H25N3O2. The second-order valence-electron chi connectivity index (χ2n) is 6.21. The van der Waals surface area contributed by atoms with Gasteiger partial charge in [0.2, 0.25) is 0 Å². The fraction of sp³-hybridized carbons (Fsp3) is 0.500. The van der Waals surface area contributed by atoms with E-state index >= 15 is 0 Å². The molecule has 1 atom stereocenters. The summed E-state index contributed by atoms with van der Waals surface area (Å²) in [5.74, 6) is 0. The van der Waals surface area contributed by atoms with Crippen molar-refractivity contribution in [2.45, 2.75) is 38.8 Å². The highest BCUT2D eigenvalue weighted by Crippen LogP contribution is 2.27. The lowest BCUT2D eigenvalue weighted by molar-refractivity contribution is 0.170. The van der Waals surface area contributed by atoms with Gasteiger partial charge in [-0.1, -0.05) is 18.2 Å². The molecule has 5 heteroatoms. The van der Waals surface area contributed by atoms with Crippen LogP contribution in [0.1, 0.15) is 26.2 Å². The van der Waals surface area contributed by atoms with Crippen molar-refractivity contribution in [2.24, 2.45) is 0 Å². The van der Waals surface area contributed by atoms with Crippen LogP contribution in [0.2, 0.25) is 0 Å². The van der Waals surface area contributed by atoms with Crippen LogP contribution in [0.15, 0.2) is 30.5 Å². The molecular weight excluding hydrogens is 290 g/mol. The third kappa shape index (κ3) is 3.34. The van der Waals surface area contributed by atoms with Crippen molar-refractivity contribution in [3.8, 4) is 0 Å². The Kier molecular flexibility index (Phi) is 4.86. The molecule has 0 spiro atoms. The van der Waals surface area contributed by atoms with Gasteiger partial charge >= 0.3 is 6.03 Å². The number of carbonyl (C=O) groups excluding carboxylic acids is 1. The lowest BCUT2D eigenvalue weighted by Gasteiger charge is -2.33. The van der Waals surface area contributed by atoms with E-state index < -0.39 is 0 Å². The summed E-state index contributed by atoms with van der Waals surface area (Å²) >= 11 is 0. The average Bonchev–Trinajstić information content (AvgIpc) is 2.91. The first-order chi connectivity index (χ1) is 11.2. The summed E-state index contributed by atoms with van der Waals surface area (Å²) in [6, 6.07) is 8.46. The Bertz CT molecular complexity index is 680. The number of hydrogen-bond donors (Lipinski definition) is 1. The van der Waals surface area contributed by atoms with Crippen LogP contribution >= 0.6 is 0 Å². The highest BCUT2D eigenvalue weighted by atomic mass is 16.5. The second-order valence-corrected chi connectivity index (χ2v) is 6.21. The Morgan fingerprint density at radius 2 is 2.17 bits per heavy atom. The standard InChI is InChI=1S/C18H25N3O2/c1-14-7-5-6-10-21(14)18(22)19-16-13-20(11-12-23-2)17-9-4-3-8-15(16)17/h3-4,8-9,13-14H,5-7,10-12H2,1-2H3,(H,19,22). The summed E-state index contributed by atoms with van der Waals surface area (Å²) < 4.78 is 7.31. The Morgan fingerprint density at radius 1 is 1.35 bits per heavy atom. The van der Waals surface area contributed by atoms with Gasteiger partial charge in [-0.05, 0) is 32.3 Å². The zero-order valence-corrected chi connectivity index (χ0v) is 13.9. The number of para-hydroxylation sites is 1. The fourth-order valence-corrected chi connectivity index (χ4v) is 3.31. The summed E-state index contributed by atoms with van der Waals surface area (Å²) in [5, 5.41) is 4.18. The van der Waals surface area contributed by atoms with Crippen LogP contribution in [0.25, 0.3) is 10.9 Å². The number of aromatic nitrogens is 1. The molecule has 1 unspecified atom stereocenters. The molecule has 0 bridgehead atoms. The Morgan fingerprint density at radius 3 is 2.96 bits per heavy atom. The molecule has 5 nitrogen and oxygen atoms in total. The molecule has 1 aliphatic rings. The van der Waals surface area contributed by atoms with E-state index in [1.165, 1.54) is 6.42 Å². The summed E-state index contributed by atoms with van der Waals surface area (Å²) in [4.78, 5) is 14.6. The number of urea groups is 1. The van der Waals surface area contributed by atoms with Gasteiger partial charge in [-0.2, -0.15) is 0 Å². The number of ether oxygens (including phenoxy) is 1. The lowest BCUT2D eigenvalue weighted by atomic mass is 10.0. The van der Waals surface area contributed by atoms with Gasteiger partial charge in [-0.15, -0.1) is 0 Å². The van der Waals surface area contributed by atoms with Gasteiger partial charge < -0.3 is 19.5 Å². The summed E-state index contributed by atoms with van der Waals surface area (Å²) in [7, 11) is 1.70. The number of anilines is 1. The van der Waals surface area contributed by atoms with Gasteiger partial charge in [0.25, 0.3) is 0 Å². The molecule has 1 aliphatic heterocycles. The maximum atomic E-state index is 12.6. The maximum Gasteiger partial charge on any atom is 0.322 e. The summed E-state index contributed by atoms with van der Waals surface area (Å²) in [5.41, 5.74) is 1.99. The number of nitrogens with one attached hydrogen (secondary N) is 1. The van der Waals surface area contributed by atoms with Crippen LogP contribution in [0, 0.1) is 0 Å². The predicted octanol–water partition coefficient (Wildman–Crippen LogP) is 3.69. The molecule has 3 rings (SSSR count). The first-order valence-electron chi connectivity index (χ1n) is 8.35. The maximum absolute atomic E-state index is 12.6. The smallest absolute Gasteiger partial charge is 0.322 e.